The van der Waals surface area contributed by atoms with Crippen molar-refractivity contribution >= 4 is 44.9 Å². The lowest BCUT2D eigenvalue weighted by Gasteiger charge is -2.10. The minimum Gasteiger partial charge on any atom is -0.312 e. The van der Waals surface area contributed by atoms with E-state index in [-0.39, 0.29) is 10.8 Å². The number of rotatable bonds is 7. The van der Waals surface area contributed by atoms with Gasteiger partial charge in [-0.3, -0.25) is 19.7 Å². The Kier molecular flexibility index (Phi) is 6.38. The van der Waals surface area contributed by atoms with E-state index in [0.717, 1.165) is 5.56 Å². The lowest BCUT2D eigenvalue weighted by Crippen LogP contribution is -2.13. The zero-order chi connectivity index (χ0) is 24.1. The van der Waals surface area contributed by atoms with E-state index in [4.69, 9.17) is 12.0 Å². The predicted octanol–water partition coefficient (Wildman–Crippen LogP) is 4.48. The number of benzene rings is 2. The van der Waals surface area contributed by atoms with Crippen molar-refractivity contribution in [1.82, 2.24) is 15.0 Å². The van der Waals surface area contributed by atoms with Crippen LogP contribution in [0.3, 0.4) is 0 Å². The van der Waals surface area contributed by atoms with Gasteiger partial charge >= 0.3 is 0 Å². The second-order valence-electron chi connectivity index (χ2n) is 7.27. The first-order valence-electron chi connectivity index (χ1n) is 10.1. The van der Waals surface area contributed by atoms with E-state index in [1.165, 1.54) is 36.7 Å². The van der Waals surface area contributed by atoms with E-state index in [0.29, 0.717) is 33.7 Å². The molecule has 0 radical (unpaired) electrons. The molecule has 0 fully saturated rings. The maximum atomic E-state index is 12.7. The summed E-state index contributed by atoms with van der Waals surface area (Å²) in [6.45, 7) is 6.99. The summed E-state index contributed by atoms with van der Waals surface area (Å²) in [5, 5.41) is 7.60. The molecule has 34 heavy (non-hydrogen) atoms. The number of hydrogen-bond acceptors (Lipinski definition) is 7. The summed E-state index contributed by atoms with van der Waals surface area (Å²) in [4.78, 5) is 20.5. The molecule has 2 heterocycles. The third-order valence-electron chi connectivity index (χ3n) is 4.99. The van der Waals surface area contributed by atoms with Gasteiger partial charge < -0.3 is 5.41 Å². The Morgan fingerprint density at radius 1 is 1.06 bits per heavy atom. The second kappa shape index (κ2) is 9.56. The van der Waals surface area contributed by atoms with E-state index in [1.54, 1.807) is 31.7 Å². The Morgan fingerprint density at radius 2 is 1.85 bits per heavy atom. The highest BCUT2D eigenvalue weighted by Gasteiger charge is 2.15. The number of pyridine rings is 1. The highest BCUT2D eigenvalue weighted by atomic mass is 32.2. The van der Waals surface area contributed by atoms with Crippen LogP contribution < -0.4 is 4.72 Å². The van der Waals surface area contributed by atoms with Crippen LogP contribution in [0.1, 0.15) is 11.6 Å². The molecule has 2 aromatic heterocycles. The molecule has 4 rings (SSSR count). The predicted molar refractivity (Wildman–Crippen MR) is 132 cm³/mol. The minimum atomic E-state index is -3.84. The van der Waals surface area contributed by atoms with E-state index in [9.17, 15) is 8.42 Å². The molecule has 4 aromatic rings. The summed E-state index contributed by atoms with van der Waals surface area (Å²) in [7, 11) is -2.21. The molecule has 9 nitrogen and oxygen atoms in total. The normalized spacial score (nSPS) is 12.4. The van der Waals surface area contributed by atoms with Gasteiger partial charge in [-0.15, -0.1) is 0 Å². The van der Waals surface area contributed by atoms with Crippen LogP contribution >= 0.6 is 0 Å². The molecule has 1 unspecified atom stereocenters. The molecule has 2 aromatic carbocycles. The third-order valence-corrected chi connectivity index (χ3v) is 6.39. The minimum absolute atomic E-state index is 0.0511. The molecule has 0 bridgehead atoms. The van der Waals surface area contributed by atoms with Gasteiger partial charge in [0.1, 0.15) is 0 Å². The van der Waals surface area contributed by atoms with Crippen LogP contribution in [0.15, 0.2) is 77.0 Å². The summed E-state index contributed by atoms with van der Waals surface area (Å²) < 4.78 is 28.0. The van der Waals surface area contributed by atoms with Gasteiger partial charge in [0.05, 0.1) is 52.2 Å². The first kappa shape index (κ1) is 22.7. The Bertz CT molecular complexity index is 1540. The fourth-order valence-corrected chi connectivity index (χ4v) is 4.33. The Balaban J connectivity index is 1.65. The molecule has 2 N–H and O–H groups in total. The maximum Gasteiger partial charge on any atom is 0.261 e. The van der Waals surface area contributed by atoms with Crippen molar-refractivity contribution in [3.8, 4) is 11.1 Å². The molecule has 0 aliphatic rings. The summed E-state index contributed by atoms with van der Waals surface area (Å²) in [6.07, 6.45) is 7.56. The number of nitrogens with zero attached hydrogens (tertiary/aromatic N) is 5. The van der Waals surface area contributed by atoms with Crippen molar-refractivity contribution in [2.75, 3.05) is 11.8 Å². The van der Waals surface area contributed by atoms with Crippen LogP contribution in [0, 0.1) is 12.0 Å². The molecular formula is C24H19N7O2S. The van der Waals surface area contributed by atoms with Crippen LogP contribution in [0.2, 0.25) is 0 Å². The number of fused-ring (bicyclic) bond motifs is 1. The van der Waals surface area contributed by atoms with Crippen molar-refractivity contribution in [3.05, 3.63) is 84.2 Å². The molecular weight excluding hydrogens is 450 g/mol. The van der Waals surface area contributed by atoms with Gasteiger partial charge in [0.25, 0.3) is 10.0 Å². The molecule has 0 aliphatic carbocycles. The Labute approximate surface area is 196 Å². The zero-order valence-electron chi connectivity index (χ0n) is 18.0. The number of aliphatic imine (C=N–C) groups is 1. The highest BCUT2D eigenvalue weighted by Crippen LogP contribution is 2.26. The smallest absolute Gasteiger partial charge is 0.261 e. The van der Waals surface area contributed by atoms with Crippen molar-refractivity contribution in [1.29, 1.82) is 5.41 Å². The molecule has 1 atom stereocenters. The molecule has 10 heteroatoms. The van der Waals surface area contributed by atoms with Crippen LogP contribution in [-0.2, 0) is 10.0 Å². The molecule has 168 valence electrons. The number of sulfonamides is 1. The average molecular weight is 470 g/mol. The molecule has 0 aliphatic heterocycles. The summed E-state index contributed by atoms with van der Waals surface area (Å²) in [5.41, 5.74) is 4.07. The summed E-state index contributed by atoms with van der Waals surface area (Å²) >= 11 is 0. The standard InChI is InChI=1S/C24H19N7O2S/c1-26-12-18(11-25)24-15-29-22-8-3-16(10-23(22)30-24)17-9-20(14-28-13-17)31-34(32,33)21-6-4-19(27-2)5-7-21/h3-15,18,25,31H,1H3. The van der Waals surface area contributed by atoms with E-state index in [2.05, 4.69) is 29.5 Å². The van der Waals surface area contributed by atoms with Gasteiger partial charge in [-0.05, 0) is 23.8 Å². The van der Waals surface area contributed by atoms with Crippen LogP contribution in [0.4, 0.5) is 11.4 Å². The fraction of sp³-hybridized carbons (Fsp3) is 0.0833. The lowest BCUT2D eigenvalue weighted by molar-refractivity contribution is 0.601. The Hall–Kier alpha value is -4.49. The quantitative estimate of drug-likeness (QED) is 0.305. The number of hydrogen-bond donors (Lipinski definition) is 2. The molecule has 0 saturated heterocycles. The Morgan fingerprint density at radius 3 is 2.56 bits per heavy atom. The van der Waals surface area contributed by atoms with E-state index >= 15 is 0 Å². The lowest BCUT2D eigenvalue weighted by atomic mass is 10.1. The zero-order valence-corrected chi connectivity index (χ0v) is 18.9. The van der Waals surface area contributed by atoms with Gasteiger partial charge in [-0.2, -0.15) is 0 Å². The van der Waals surface area contributed by atoms with Gasteiger partial charge in [-0.1, -0.05) is 30.3 Å². The van der Waals surface area contributed by atoms with Gasteiger partial charge in [0.15, 0.2) is 5.69 Å². The van der Waals surface area contributed by atoms with Gasteiger partial charge in [0.2, 0.25) is 0 Å². The fourth-order valence-electron chi connectivity index (χ4n) is 3.30. The number of aromatic nitrogens is 3. The molecule has 0 saturated carbocycles. The monoisotopic (exact) mass is 469 g/mol. The topological polar surface area (TPSA) is 125 Å². The van der Waals surface area contributed by atoms with E-state index in [1.807, 2.05) is 18.2 Å². The van der Waals surface area contributed by atoms with Crippen LogP contribution in [-0.4, -0.2) is 42.8 Å². The molecule has 0 amide bonds. The van der Waals surface area contributed by atoms with Gasteiger partial charge in [0, 0.05) is 31.2 Å². The first-order chi connectivity index (χ1) is 16.4. The number of anilines is 1. The second-order valence-corrected chi connectivity index (χ2v) is 8.95. The van der Waals surface area contributed by atoms with Crippen molar-refractivity contribution in [2.24, 2.45) is 4.99 Å². The maximum absolute atomic E-state index is 12.7. The molecule has 0 spiro atoms. The van der Waals surface area contributed by atoms with Crippen molar-refractivity contribution in [3.63, 3.8) is 0 Å². The van der Waals surface area contributed by atoms with Gasteiger partial charge in [-0.25, -0.2) is 18.2 Å². The van der Waals surface area contributed by atoms with Crippen LogP contribution in [0.25, 0.3) is 27.0 Å². The average Bonchev–Trinajstić information content (AvgIpc) is 2.86. The summed E-state index contributed by atoms with van der Waals surface area (Å²) in [5.74, 6) is -0.367. The summed E-state index contributed by atoms with van der Waals surface area (Å²) in [6, 6.07) is 12.9. The third kappa shape index (κ3) is 4.79. The first-order valence-corrected chi connectivity index (χ1v) is 11.6. The van der Waals surface area contributed by atoms with E-state index < -0.39 is 10.0 Å². The highest BCUT2D eigenvalue weighted by molar-refractivity contribution is 7.92. The van der Waals surface area contributed by atoms with Crippen LogP contribution in [0.5, 0.6) is 0 Å². The van der Waals surface area contributed by atoms with Crippen molar-refractivity contribution < 1.29 is 8.42 Å². The SMILES string of the molecule is [C-]#[N+]c1ccc(S(=O)(=O)Nc2cncc(-c3ccc4ncc(C(C=N)C=NC)nc4c3)c2)cc1. The largest absolute Gasteiger partial charge is 0.312 e. The number of nitrogens with one attached hydrogen (secondary N) is 2. The van der Waals surface area contributed by atoms with Crippen molar-refractivity contribution in [2.45, 2.75) is 10.8 Å².